The van der Waals surface area contributed by atoms with E-state index in [-0.39, 0.29) is 24.1 Å². The Balaban J connectivity index is 0.00000400. The highest BCUT2D eigenvalue weighted by molar-refractivity contribution is 5.89. The van der Waals surface area contributed by atoms with Gasteiger partial charge >= 0.3 is 12.3 Å². The average Bonchev–Trinajstić information content (AvgIpc) is 2.43. The molecule has 0 saturated heterocycles. The molecule has 0 amide bonds. The lowest BCUT2D eigenvalue weighted by Crippen LogP contribution is -2.33. The molecule has 1 N–H and O–H groups in total. The largest absolute Gasteiger partial charge is 0.487 e. The van der Waals surface area contributed by atoms with Gasteiger partial charge in [0.15, 0.2) is 6.61 Å². The van der Waals surface area contributed by atoms with Crippen LogP contribution in [0.25, 0.3) is 6.08 Å². The van der Waals surface area contributed by atoms with Gasteiger partial charge in [0.2, 0.25) is 5.90 Å². The molecule has 0 heterocycles. The predicted octanol–water partition coefficient (Wildman–Crippen LogP) is 4.02. The summed E-state index contributed by atoms with van der Waals surface area (Å²) in [6.45, 7) is -1.38. The maximum absolute atomic E-state index is 12.6. The Kier molecular flexibility index (Phi) is 7.80. The van der Waals surface area contributed by atoms with Crippen molar-refractivity contribution in [3.8, 4) is 5.75 Å². The number of methoxy groups -OCH3 is 1. The standard InChI is InChI=1S/C13H13F4NO2.ClH/c1-19-11(18)7-4-9-2-5-10(6-3-9)20-8-13(16,17)12(14)15;/h2-7,12,18H,8H2,1H3;1H/b7-4+,18-11?;. The maximum Gasteiger partial charge on any atom is 0.340 e. The molecule has 1 aromatic rings. The van der Waals surface area contributed by atoms with Gasteiger partial charge in [0.05, 0.1) is 7.11 Å². The summed E-state index contributed by atoms with van der Waals surface area (Å²) < 4.78 is 58.3. The van der Waals surface area contributed by atoms with Crippen LogP contribution >= 0.6 is 12.4 Å². The molecule has 1 aromatic carbocycles. The molecular formula is C13H14ClF4NO2. The Morgan fingerprint density at radius 1 is 1.29 bits per heavy atom. The predicted molar refractivity (Wildman–Crippen MR) is 73.9 cm³/mol. The normalized spacial score (nSPS) is 11.3. The zero-order valence-corrected chi connectivity index (χ0v) is 11.8. The van der Waals surface area contributed by atoms with Crippen molar-refractivity contribution in [1.29, 1.82) is 5.41 Å². The minimum atomic E-state index is -4.17. The van der Waals surface area contributed by atoms with Gasteiger partial charge in [-0.3, -0.25) is 5.41 Å². The van der Waals surface area contributed by atoms with Gasteiger partial charge in [-0.05, 0) is 23.8 Å². The fourth-order valence-electron chi connectivity index (χ4n) is 1.16. The second-order valence-corrected chi connectivity index (χ2v) is 3.82. The van der Waals surface area contributed by atoms with Crippen LogP contribution in [0, 0.1) is 5.41 Å². The molecule has 118 valence electrons. The molecule has 0 aliphatic carbocycles. The summed E-state index contributed by atoms with van der Waals surface area (Å²) in [5.74, 6) is -4.15. The second-order valence-electron chi connectivity index (χ2n) is 3.82. The maximum atomic E-state index is 12.6. The Bertz CT molecular complexity index is 478. The molecule has 0 saturated carbocycles. The number of nitrogens with one attached hydrogen (secondary N) is 1. The molecule has 0 aliphatic rings. The van der Waals surface area contributed by atoms with E-state index in [1.54, 1.807) is 6.08 Å². The van der Waals surface area contributed by atoms with E-state index < -0.39 is 19.0 Å². The van der Waals surface area contributed by atoms with Gasteiger partial charge in [-0.1, -0.05) is 12.1 Å². The topological polar surface area (TPSA) is 42.3 Å². The molecule has 3 nitrogen and oxygen atoms in total. The summed E-state index contributed by atoms with van der Waals surface area (Å²) in [7, 11) is 1.35. The van der Waals surface area contributed by atoms with Crippen LogP contribution in [0.1, 0.15) is 5.56 Å². The Morgan fingerprint density at radius 3 is 2.33 bits per heavy atom. The average molecular weight is 328 g/mol. The van der Waals surface area contributed by atoms with Crippen molar-refractivity contribution in [3.05, 3.63) is 35.9 Å². The van der Waals surface area contributed by atoms with Crippen LogP contribution in [-0.4, -0.2) is 32.0 Å². The summed E-state index contributed by atoms with van der Waals surface area (Å²) in [4.78, 5) is 0. The second kappa shape index (κ2) is 8.51. The molecule has 0 unspecified atom stereocenters. The summed E-state index contributed by atoms with van der Waals surface area (Å²) in [6, 6.07) is 5.82. The summed E-state index contributed by atoms with van der Waals surface area (Å²) in [5, 5.41) is 7.22. The van der Waals surface area contributed by atoms with E-state index >= 15 is 0 Å². The van der Waals surface area contributed by atoms with Gasteiger partial charge in [0.1, 0.15) is 5.75 Å². The highest BCUT2D eigenvalue weighted by Crippen LogP contribution is 2.24. The molecule has 1 rings (SSSR count). The fourth-order valence-corrected chi connectivity index (χ4v) is 1.16. The molecule has 0 atom stereocenters. The van der Waals surface area contributed by atoms with E-state index in [2.05, 4.69) is 9.47 Å². The van der Waals surface area contributed by atoms with E-state index in [0.29, 0.717) is 5.56 Å². The van der Waals surface area contributed by atoms with Crippen molar-refractivity contribution in [2.45, 2.75) is 12.3 Å². The lowest BCUT2D eigenvalue weighted by atomic mass is 10.2. The van der Waals surface area contributed by atoms with Gasteiger partial charge < -0.3 is 9.47 Å². The monoisotopic (exact) mass is 327 g/mol. The van der Waals surface area contributed by atoms with Crippen LogP contribution in [0.15, 0.2) is 30.3 Å². The number of rotatable bonds is 6. The van der Waals surface area contributed by atoms with Crippen LogP contribution in [0.5, 0.6) is 5.75 Å². The van der Waals surface area contributed by atoms with Crippen LogP contribution in [0.4, 0.5) is 17.6 Å². The van der Waals surface area contributed by atoms with Crippen LogP contribution in [-0.2, 0) is 4.74 Å². The van der Waals surface area contributed by atoms with Gasteiger partial charge in [-0.2, -0.15) is 8.78 Å². The molecule has 0 radical (unpaired) electrons. The Morgan fingerprint density at radius 2 is 1.86 bits per heavy atom. The van der Waals surface area contributed by atoms with E-state index in [1.807, 2.05) is 0 Å². The zero-order chi connectivity index (χ0) is 15.2. The van der Waals surface area contributed by atoms with E-state index in [9.17, 15) is 17.6 Å². The molecule has 8 heteroatoms. The summed E-state index contributed by atoms with van der Waals surface area (Å²) in [6.07, 6.45) is -0.783. The van der Waals surface area contributed by atoms with Crippen molar-refractivity contribution in [1.82, 2.24) is 0 Å². The van der Waals surface area contributed by atoms with Gasteiger partial charge in [0.25, 0.3) is 0 Å². The van der Waals surface area contributed by atoms with Crippen LogP contribution < -0.4 is 4.74 Å². The first-order valence-corrected chi connectivity index (χ1v) is 5.54. The molecule has 0 aromatic heterocycles. The first-order chi connectivity index (χ1) is 9.35. The molecule has 0 fully saturated rings. The minimum Gasteiger partial charge on any atom is -0.487 e. The van der Waals surface area contributed by atoms with Crippen LogP contribution in [0.3, 0.4) is 0 Å². The van der Waals surface area contributed by atoms with Crippen molar-refractivity contribution in [2.75, 3.05) is 13.7 Å². The van der Waals surface area contributed by atoms with Crippen LogP contribution in [0.2, 0.25) is 0 Å². The Hall–Kier alpha value is -1.76. The third-order valence-corrected chi connectivity index (χ3v) is 2.28. The van der Waals surface area contributed by atoms with Crippen molar-refractivity contribution in [2.24, 2.45) is 0 Å². The zero-order valence-electron chi connectivity index (χ0n) is 11.0. The number of halogens is 5. The van der Waals surface area contributed by atoms with Crippen molar-refractivity contribution < 1.29 is 27.0 Å². The fraction of sp³-hybridized carbons (Fsp3) is 0.308. The number of alkyl halides is 4. The molecule has 0 spiro atoms. The van der Waals surface area contributed by atoms with Crippen molar-refractivity contribution >= 4 is 24.4 Å². The minimum absolute atomic E-state index is 0. The number of benzene rings is 1. The molecule has 0 bridgehead atoms. The molecular weight excluding hydrogens is 314 g/mol. The number of ether oxygens (including phenoxy) is 2. The molecule has 0 aliphatic heterocycles. The van der Waals surface area contributed by atoms with E-state index in [1.165, 1.54) is 37.5 Å². The smallest absolute Gasteiger partial charge is 0.340 e. The SMILES string of the molecule is COC(=N)/C=C/c1ccc(OCC(F)(F)C(F)F)cc1.Cl. The highest BCUT2D eigenvalue weighted by Gasteiger charge is 2.41. The lowest BCUT2D eigenvalue weighted by Gasteiger charge is -2.15. The third-order valence-electron chi connectivity index (χ3n) is 2.28. The van der Waals surface area contributed by atoms with Gasteiger partial charge in [0, 0.05) is 6.08 Å². The van der Waals surface area contributed by atoms with Crippen molar-refractivity contribution in [3.63, 3.8) is 0 Å². The third kappa shape index (κ3) is 6.48. The first kappa shape index (κ1) is 19.2. The Labute approximate surface area is 125 Å². The molecule has 21 heavy (non-hydrogen) atoms. The van der Waals surface area contributed by atoms with E-state index in [0.717, 1.165) is 0 Å². The number of hydrogen-bond acceptors (Lipinski definition) is 3. The first-order valence-electron chi connectivity index (χ1n) is 5.54. The van der Waals surface area contributed by atoms with E-state index in [4.69, 9.17) is 5.41 Å². The van der Waals surface area contributed by atoms with Gasteiger partial charge in [-0.25, -0.2) is 8.78 Å². The highest BCUT2D eigenvalue weighted by atomic mass is 35.5. The van der Waals surface area contributed by atoms with Gasteiger partial charge in [-0.15, -0.1) is 12.4 Å². The summed E-state index contributed by atoms with van der Waals surface area (Å²) >= 11 is 0. The quantitative estimate of drug-likeness (QED) is 0.487. The number of hydrogen-bond donors (Lipinski definition) is 1. The summed E-state index contributed by atoms with van der Waals surface area (Å²) in [5.41, 5.74) is 0.680. The lowest BCUT2D eigenvalue weighted by molar-refractivity contribution is -0.148.